The highest BCUT2D eigenvalue weighted by Crippen LogP contribution is 2.33. The van der Waals surface area contributed by atoms with Gasteiger partial charge in [-0.3, -0.25) is 4.79 Å². The number of fused-ring (bicyclic) bond motifs is 3. The Morgan fingerprint density at radius 1 is 1.25 bits per heavy atom. The van der Waals surface area contributed by atoms with Gasteiger partial charge in [0.1, 0.15) is 0 Å². The zero-order valence-corrected chi connectivity index (χ0v) is 8.53. The Kier molecular flexibility index (Phi) is 1.80. The normalized spacial score (nSPS) is 22.0. The maximum Gasteiger partial charge on any atom is 0.255 e. The van der Waals surface area contributed by atoms with Crippen LogP contribution < -0.4 is 5.32 Å². The van der Waals surface area contributed by atoms with Crippen LogP contribution in [-0.4, -0.2) is 11.6 Å². The van der Waals surface area contributed by atoms with E-state index >= 15 is 0 Å². The fourth-order valence-electron chi connectivity index (χ4n) is 2.22. The third kappa shape index (κ3) is 1.15. The Labute approximate surface area is 93.0 Å². The number of amides is 1. The van der Waals surface area contributed by atoms with Crippen LogP contribution in [0.15, 0.2) is 48.2 Å². The van der Waals surface area contributed by atoms with Gasteiger partial charge in [0.2, 0.25) is 0 Å². The van der Waals surface area contributed by atoms with Gasteiger partial charge in [0.15, 0.2) is 0 Å². The molecule has 3 nitrogen and oxygen atoms in total. The molecule has 2 aliphatic rings. The second kappa shape index (κ2) is 3.17. The number of hydrogen-bond donors (Lipinski definition) is 2. The molecular formula is C13H10N2O. The van der Waals surface area contributed by atoms with Gasteiger partial charge in [-0.05, 0) is 23.8 Å². The van der Waals surface area contributed by atoms with Gasteiger partial charge < -0.3 is 10.7 Å². The summed E-state index contributed by atoms with van der Waals surface area (Å²) in [5.41, 5.74) is 2.91. The number of carbonyl (C=O) groups excluding carboxylic acids is 1. The lowest BCUT2D eigenvalue weighted by Gasteiger charge is -2.29. The van der Waals surface area contributed by atoms with Gasteiger partial charge in [0.05, 0.1) is 5.92 Å². The van der Waals surface area contributed by atoms with Crippen molar-refractivity contribution in [2.24, 2.45) is 0 Å². The van der Waals surface area contributed by atoms with Crippen LogP contribution >= 0.6 is 0 Å². The van der Waals surface area contributed by atoms with Gasteiger partial charge in [0.25, 0.3) is 5.91 Å². The van der Waals surface area contributed by atoms with E-state index in [1.165, 1.54) is 0 Å². The van der Waals surface area contributed by atoms with Gasteiger partial charge in [-0.1, -0.05) is 24.3 Å². The van der Waals surface area contributed by atoms with Crippen LogP contribution in [0.2, 0.25) is 0 Å². The van der Waals surface area contributed by atoms with E-state index in [0.717, 1.165) is 11.3 Å². The summed E-state index contributed by atoms with van der Waals surface area (Å²) in [5.74, 6) is -0.194. The summed E-state index contributed by atoms with van der Waals surface area (Å²) >= 11 is 0. The second-order valence-corrected chi connectivity index (χ2v) is 3.91. The molecule has 1 atom stereocenters. The third-order valence-electron chi connectivity index (χ3n) is 2.95. The monoisotopic (exact) mass is 210 g/mol. The number of hydrogen-bond acceptors (Lipinski definition) is 2. The zero-order valence-electron chi connectivity index (χ0n) is 8.53. The molecule has 78 valence electrons. The van der Waals surface area contributed by atoms with Crippen molar-refractivity contribution in [1.29, 1.82) is 5.41 Å². The summed E-state index contributed by atoms with van der Waals surface area (Å²) in [5, 5.41) is 10.8. The number of benzene rings is 1. The molecule has 0 fully saturated rings. The van der Waals surface area contributed by atoms with Crippen LogP contribution in [0, 0.1) is 5.41 Å². The van der Waals surface area contributed by atoms with Gasteiger partial charge in [-0.25, -0.2) is 0 Å². The summed E-state index contributed by atoms with van der Waals surface area (Å²) in [6.07, 6.45) is 5.42. The average molecular weight is 210 g/mol. The summed E-state index contributed by atoms with van der Waals surface area (Å²) in [6, 6.07) is 7.46. The highest BCUT2D eigenvalue weighted by atomic mass is 16.1. The average Bonchev–Trinajstić information content (AvgIpc) is 2.29. The van der Waals surface area contributed by atoms with Crippen LogP contribution in [0.1, 0.15) is 21.8 Å². The first kappa shape index (κ1) is 9.09. The van der Waals surface area contributed by atoms with E-state index in [-0.39, 0.29) is 11.8 Å². The fourth-order valence-corrected chi connectivity index (χ4v) is 2.22. The molecule has 0 aromatic heterocycles. The first-order valence-electron chi connectivity index (χ1n) is 5.14. The Morgan fingerprint density at radius 3 is 2.94 bits per heavy atom. The summed E-state index contributed by atoms with van der Waals surface area (Å²) in [4.78, 5) is 11.8. The van der Waals surface area contributed by atoms with Crippen molar-refractivity contribution in [3.63, 3.8) is 0 Å². The maximum atomic E-state index is 11.8. The molecule has 3 rings (SSSR count). The van der Waals surface area contributed by atoms with Gasteiger partial charge >= 0.3 is 0 Å². The van der Waals surface area contributed by atoms with E-state index in [1.54, 1.807) is 18.2 Å². The van der Waals surface area contributed by atoms with Crippen molar-refractivity contribution in [3.8, 4) is 0 Å². The lowest BCUT2D eigenvalue weighted by atomic mass is 9.82. The van der Waals surface area contributed by atoms with Crippen molar-refractivity contribution < 1.29 is 4.79 Å². The molecule has 0 saturated heterocycles. The lowest BCUT2D eigenvalue weighted by Crippen LogP contribution is -2.36. The van der Waals surface area contributed by atoms with Crippen molar-refractivity contribution in [3.05, 3.63) is 59.3 Å². The topological polar surface area (TPSA) is 53.0 Å². The Morgan fingerprint density at radius 2 is 2.06 bits per heavy atom. The van der Waals surface area contributed by atoms with Crippen molar-refractivity contribution >= 4 is 11.6 Å². The Bertz CT molecular complexity index is 555. The standard InChI is InChI=1S/C13H10N2O/c14-10-6-3-7-11-12(10)8-4-1-2-5-9(8)13(16)15-11/h1-7,12,14H,(H,15,16). The molecule has 1 aromatic carbocycles. The molecule has 1 aliphatic carbocycles. The molecule has 0 bridgehead atoms. The molecule has 0 spiro atoms. The first-order chi connectivity index (χ1) is 7.77. The van der Waals surface area contributed by atoms with Crippen LogP contribution in [0.5, 0.6) is 0 Å². The SMILES string of the molecule is N=C1C=CC=C2NC(=O)c3ccccc3C12. The largest absolute Gasteiger partial charge is 0.325 e. The molecule has 2 N–H and O–H groups in total. The van der Waals surface area contributed by atoms with Gasteiger partial charge in [-0.15, -0.1) is 0 Å². The third-order valence-corrected chi connectivity index (χ3v) is 2.95. The quantitative estimate of drug-likeness (QED) is 0.676. The summed E-state index contributed by atoms with van der Waals surface area (Å²) in [7, 11) is 0. The van der Waals surface area contributed by atoms with Crippen molar-refractivity contribution in [2.75, 3.05) is 0 Å². The van der Waals surface area contributed by atoms with E-state index in [4.69, 9.17) is 5.41 Å². The molecular weight excluding hydrogens is 200 g/mol. The van der Waals surface area contributed by atoms with Crippen molar-refractivity contribution in [2.45, 2.75) is 5.92 Å². The predicted octanol–water partition coefficient (Wildman–Crippen LogP) is 1.99. The van der Waals surface area contributed by atoms with Gasteiger partial charge in [-0.2, -0.15) is 0 Å². The predicted molar refractivity (Wildman–Crippen MR) is 61.6 cm³/mol. The molecule has 1 aromatic rings. The van der Waals surface area contributed by atoms with Crippen LogP contribution in [-0.2, 0) is 0 Å². The number of nitrogens with one attached hydrogen (secondary N) is 2. The van der Waals surface area contributed by atoms with E-state index in [1.807, 2.05) is 24.3 Å². The number of rotatable bonds is 0. The van der Waals surface area contributed by atoms with E-state index in [0.29, 0.717) is 11.3 Å². The molecule has 1 heterocycles. The van der Waals surface area contributed by atoms with E-state index in [2.05, 4.69) is 5.32 Å². The molecule has 0 radical (unpaired) electrons. The molecule has 16 heavy (non-hydrogen) atoms. The number of allylic oxidation sites excluding steroid dienone is 4. The highest BCUT2D eigenvalue weighted by Gasteiger charge is 2.31. The van der Waals surface area contributed by atoms with Crippen molar-refractivity contribution in [1.82, 2.24) is 5.32 Å². The minimum atomic E-state index is -0.112. The minimum Gasteiger partial charge on any atom is -0.325 e. The van der Waals surface area contributed by atoms with Crippen LogP contribution in [0.4, 0.5) is 0 Å². The second-order valence-electron chi connectivity index (χ2n) is 3.91. The molecule has 1 amide bonds. The Balaban J connectivity index is 2.24. The highest BCUT2D eigenvalue weighted by molar-refractivity contribution is 6.08. The molecule has 1 aliphatic heterocycles. The first-order valence-corrected chi connectivity index (χ1v) is 5.14. The van der Waals surface area contributed by atoms with Gasteiger partial charge in [0, 0.05) is 17.0 Å². The number of carbonyl (C=O) groups is 1. The molecule has 0 saturated carbocycles. The zero-order chi connectivity index (χ0) is 11.1. The molecule has 1 unspecified atom stereocenters. The van der Waals surface area contributed by atoms with E-state index in [9.17, 15) is 4.79 Å². The fraction of sp³-hybridized carbons (Fsp3) is 0.0769. The van der Waals surface area contributed by atoms with Crippen LogP contribution in [0.25, 0.3) is 0 Å². The summed E-state index contributed by atoms with van der Waals surface area (Å²) < 4.78 is 0. The summed E-state index contributed by atoms with van der Waals surface area (Å²) in [6.45, 7) is 0. The minimum absolute atomic E-state index is 0.0822. The van der Waals surface area contributed by atoms with Crippen LogP contribution in [0.3, 0.4) is 0 Å². The Hall–Kier alpha value is -2.16. The van der Waals surface area contributed by atoms with E-state index < -0.39 is 0 Å². The lowest BCUT2D eigenvalue weighted by molar-refractivity contribution is 0.0958. The maximum absolute atomic E-state index is 11.8. The molecule has 3 heteroatoms. The smallest absolute Gasteiger partial charge is 0.255 e.